The van der Waals surface area contributed by atoms with E-state index < -0.39 is 0 Å². The molecule has 0 aromatic rings. The number of thioether (sulfide) groups is 1. The lowest BCUT2D eigenvalue weighted by Gasteiger charge is -2.35. The summed E-state index contributed by atoms with van der Waals surface area (Å²) in [6.45, 7) is 1.04. The molecule has 1 atom stereocenters. The van der Waals surface area contributed by atoms with Gasteiger partial charge in [0.2, 0.25) is 6.19 Å². The van der Waals surface area contributed by atoms with E-state index in [9.17, 15) is 5.11 Å². The van der Waals surface area contributed by atoms with Crippen LogP contribution in [0.15, 0.2) is 4.99 Å². The Morgan fingerprint density at radius 1 is 1.71 bits per heavy atom. The molecule has 0 aromatic heterocycles. The Kier molecular flexibility index (Phi) is 4.77. The van der Waals surface area contributed by atoms with Crippen molar-refractivity contribution in [3.8, 4) is 6.19 Å². The number of rotatable bonds is 1. The summed E-state index contributed by atoms with van der Waals surface area (Å²) in [6.07, 6.45) is 6.96. The van der Waals surface area contributed by atoms with Crippen LogP contribution >= 0.6 is 11.8 Å². The molecule has 78 valence electrons. The van der Waals surface area contributed by atoms with E-state index in [-0.39, 0.29) is 12.6 Å². The van der Waals surface area contributed by atoms with Crippen molar-refractivity contribution in [3.63, 3.8) is 0 Å². The summed E-state index contributed by atoms with van der Waals surface area (Å²) in [7, 11) is 0. The van der Waals surface area contributed by atoms with Crippen molar-refractivity contribution in [3.05, 3.63) is 0 Å². The molecule has 0 amide bonds. The Morgan fingerprint density at radius 3 is 3.07 bits per heavy atom. The van der Waals surface area contributed by atoms with E-state index >= 15 is 0 Å². The van der Waals surface area contributed by atoms with Crippen LogP contribution in [0.4, 0.5) is 0 Å². The summed E-state index contributed by atoms with van der Waals surface area (Å²) in [5.41, 5.74) is 0. The van der Waals surface area contributed by atoms with Crippen molar-refractivity contribution >= 4 is 16.9 Å². The monoisotopic (exact) mass is 213 g/mol. The van der Waals surface area contributed by atoms with Gasteiger partial charge in [0.25, 0.3) is 0 Å². The minimum Gasteiger partial charge on any atom is -0.394 e. The number of hydrogen-bond donors (Lipinski definition) is 1. The van der Waals surface area contributed by atoms with Crippen molar-refractivity contribution in [1.82, 2.24) is 4.90 Å². The van der Waals surface area contributed by atoms with E-state index in [4.69, 9.17) is 5.26 Å². The molecular weight excluding hydrogens is 198 g/mol. The fraction of sp³-hybridized carbons (Fsp3) is 0.778. The Labute approximate surface area is 88.6 Å². The number of aliphatic hydroxyl groups excluding tert-OH is 1. The largest absolute Gasteiger partial charge is 0.394 e. The Balaban J connectivity index is 2.71. The van der Waals surface area contributed by atoms with E-state index in [1.54, 1.807) is 6.19 Å². The van der Waals surface area contributed by atoms with Gasteiger partial charge in [-0.25, -0.2) is 0 Å². The number of hydrogen-bond acceptors (Lipinski definition) is 4. The fourth-order valence-electron chi connectivity index (χ4n) is 1.71. The second-order valence-corrected chi connectivity index (χ2v) is 4.00. The molecule has 0 spiro atoms. The molecule has 1 rings (SSSR count). The molecule has 5 heteroatoms. The second-order valence-electron chi connectivity index (χ2n) is 3.22. The first-order valence-corrected chi connectivity index (χ1v) is 5.94. The number of aliphatic hydroxyl groups is 1. The highest BCUT2D eigenvalue weighted by molar-refractivity contribution is 8.13. The summed E-state index contributed by atoms with van der Waals surface area (Å²) in [5.74, 6) is 0. The van der Waals surface area contributed by atoms with Crippen LogP contribution in [0.25, 0.3) is 0 Å². The SMILES string of the molecule is CSC(=NC#N)N1CCCCC1CO. The van der Waals surface area contributed by atoms with Gasteiger partial charge >= 0.3 is 0 Å². The maximum atomic E-state index is 9.19. The van der Waals surface area contributed by atoms with Crippen LogP contribution in [-0.4, -0.2) is 40.6 Å². The van der Waals surface area contributed by atoms with Gasteiger partial charge in [0, 0.05) is 6.54 Å². The second kappa shape index (κ2) is 5.89. The lowest BCUT2D eigenvalue weighted by molar-refractivity contribution is 0.149. The van der Waals surface area contributed by atoms with E-state index in [0.717, 1.165) is 31.0 Å². The molecule has 1 saturated heterocycles. The number of nitrogens with zero attached hydrogens (tertiary/aromatic N) is 3. The van der Waals surface area contributed by atoms with Crippen LogP contribution in [0.5, 0.6) is 0 Å². The highest BCUT2D eigenvalue weighted by Crippen LogP contribution is 2.20. The van der Waals surface area contributed by atoms with Crippen LogP contribution in [0.1, 0.15) is 19.3 Å². The van der Waals surface area contributed by atoms with Gasteiger partial charge in [-0.05, 0) is 25.5 Å². The van der Waals surface area contributed by atoms with Crippen molar-refractivity contribution in [1.29, 1.82) is 5.26 Å². The van der Waals surface area contributed by atoms with Gasteiger partial charge < -0.3 is 10.0 Å². The molecule has 0 radical (unpaired) electrons. The third-order valence-electron chi connectivity index (χ3n) is 2.41. The zero-order valence-electron chi connectivity index (χ0n) is 8.31. The number of aliphatic imine (C=N–C) groups is 1. The molecule has 1 fully saturated rings. The maximum Gasteiger partial charge on any atom is 0.208 e. The Bertz CT molecular complexity index is 249. The number of piperidine rings is 1. The predicted octanol–water partition coefficient (Wildman–Crippen LogP) is 1.03. The molecule has 14 heavy (non-hydrogen) atoms. The Hall–Kier alpha value is -0.730. The molecule has 0 aliphatic carbocycles. The summed E-state index contributed by atoms with van der Waals surface area (Å²) in [6, 6.07) is 0.142. The zero-order valence-corrected chi connectivity index (χ0v) is 9.13. The summed E-state index contributed by atoms with van der Waals surface area (Å²) in [5, 5.41) is 18.4. The van der Waals surface area contributed by atoms with Gasteiger partial charge in [0.05, 0.1) is 12.6 Å². The van der Waals surface area contributed by atoms with Crippen LogP contribution in [-0.2, 0) is 0 Å². The molecule has 1 unspecified atom stereocenters. The molecule has 1 aliphatic rings. The molecule has 1 heterocycles. The van der Waals surface area contributed by atoms with Crippen LogP contribution in [0.3, 0.4) is 0 Å². The highest BCUT2D eigenvalue weighted by atomic mass is 32.2. The average Bonchev–Trinajstić information content (AvgIpc) is 2.26. The van der Waals surface area contributed by atoms with Crippen LogP contribution in [0.2, 0.25) is 0 Å². The summed E-state index contributed by atoms with van der Waals surface area (Å²) in [4.78, 5) is 5.80. The number of nitriles is 1. The normalized spacial score (nSPS) is 23.4. The van der Waals surface area contributed by atoms with Gasteiger partial charge in [-0.3, -0.25) is 0 Å². The van der Waals surface area contributed by atoms with Crippen molar-refractivity contribution < 1.29 is 5.11 Å². The van der Waals surface area contributed by atoms with E-state index in [1.165, 1.54) is 11.8 Å². The molecule has 0 bridgehead atoms. The quantitative estimate of drug-likeness (QED) is 0.401. The molecule has 0 saturated carbocycles. The first-order chi connectivity index (χ1) is 6.83. The minimum absolute atomic E-state index is 0.142. The maximum absolute atomic E-state index is 9.19. The van der Waals surface area contributed by atoms with E-state index in [1.807, 2.05) is 11.2 Å². The summed E-state index contributed by atoms with van der Waals surface area (Å²) < 4.78 is 0. The van der Waals surface area contributed by atoms with E-state index in [2.05, 4.69) is 4.99 Å². The molecular formula is C9H15N3OS. The fourth-order valence-corrected chi connectivity index (χ4v) is 2.32. The number of likely N-dealkylation sites (tertiary alicyclic amines) is 1. The third kappa shape index (κ3) is 2.63. The zero-order chi connectivity index (χ0) is 10.4. The first kappa shape index (κ1) is 11.3. The Morgan fingerprint density at radius 2 is 2.50 bits per heavy atom. The van der Waals surface area contributed by atoms with Crippen LogP contribution < -0.4 is 0 Å². The predicted molar refractivity (Wildman–Crippen MR) is 58.0 cm³/mol. The smallest absolute Gasteiger partial charge is 0.208 e. The first-order valence-electron chi connectivity index (χ1n) is 4.71. The van der Waals surface area contributed by atoms with Gasteiger partial charge in [-0.1, -0.05) is 11.8 Å². The summed E-state index contributed by atoms with van der Waals surface area (Å²) >= 11 is 1.46. The van der Waals surface area contributed by atoms with Crippen LogP contribution in [0, 0.1) is 11.5 Å². The third-order valence-corrected chi connectivity index (χ3v) is 3.10. The van der Waals surface area contributed by atoms with Gasteiger partial charge in [-0.2, -0.15) is 5.26 Å². The van der Waals surface area contributed by atoms with Gasteiger partial charge in [0.15, 0.2) is 5.17 Å². The van der Waals surface area contributed by atoms with Crippen molar-refractivity contribution in [2.45, 2.75) is 25.3 Å². The number of amidine groups is 1. The molecule has 4 nitrogen and oxygen atoms in total. The minimum atomic E-state index is 0.142. The van der Waals surface area contributed by atoms with Crippen molar-refractivity contribution in [2.75, 3.05) is 19.4 Å². The van der Waals surface area contributed by atoms with Gasteiger partial charge in [-0.15, -0.1) is 4.99 Å². The van der Waals surface area contributed by atoms with E-state index in [0.29, 0.717) is 0 Å². The molecule has 0 aromatic carbocycles. The van der Waals surface area contributed by atoms with Crippen molar-refractivity contribution in [2.24, 2.45) is 4.99 Å². The van der Waals surface area contributed by atoms with Gasteiger partial charge in [0.1, 0.15) is 0 Å². The lowest BCUT2D eigenvalue weighted by Crippen LogP contribution is -2.44. The molecule has 1 aliphatic heterocycles. The lowest BCUT2D eigenvalue weighted by atomic mass is 10.0. The standard InChI is InChI=1S/C9H15N3OS/c1-14-9(11-7-10)12-5-3-2-4-8(12)6-13/h8,13H,2-6H2,1H3. The highest BCUT2D eigenvalue weighted by Gasteiger charge is 2.24. The average molecular weight is 213 g/mol. The topological polar surface area (TPSA) is 59.6 Å². The molecule has 1 N–H and O–H groups in total.